The van der Waals surface area contributed by atoms with Crippen molar-refractivity contribution in [2.45, 2.75) is 44.1 Å². The quantitative estimate of drug-likeness (QED) is 0.530. The van der Waals surface area contributed by atoms with Gasteiger partial charge in [-0.2, -0.15) is 0 Å². The first-order valence-electron chi connectivity index (χ1n) is 4.46. The summed E-state index contributed by atoms with van der Waals surface area (Å²) in [5.41, 5.74) is -0.00463. The predicted molar refractivity (Wildman–Crippen MR) is 41.4 cm³/mol. The number of carbonyl (C=O) groups excluding carboxylic acids is 1. The molecular weight excluding hydrogens is 140 g/mol. The summed E-state index contributed by atoms with van der Waals surface area (Å²) in [4.78, 5) is 11.1. The van der Waals surface area contributed by atoms with E-state index in [2.05, 4.69) is 0 Å². The van der Waals surface area contributed by atoms with E-state index in [-0.39, 0.29) is 5.60 Å². The van der Waals surface area contributed by atoms with Gasteiger partial charge in [-0.25, -0.2) is 0 Å². The summed E-state index contributed by atoms with van der Waals surface area (Å²) in [6, 6.07) is 0. The maximum Gasteiger partial charge on any atom is 0.138 e. The number of carbonyl (C=O) groups is 1. The largest absolute Gasteiger partial charge is 0.374 e. The van der Waals surface area contributed by atoms with Crippen molar-refractivity contribution in [3.63, 3.8) is 0 Å². The average molecular weight is 154 g/mol. The van der Waals surface area contributed by atoms with Gasteiger partial charge in [0.1, 0.15) is 5.78 Å². The van der Waals surface area contributed by atoms with Gasteiger partial charge >= 0.3 is 0 Å². The summed E-state index contributed by atoms with van der Waals surface area (Å²) in [5.74, 6) is 0.401. The van der Waals surface area contributed by atoms with Crippen LogP contribution in [0.5, 0.6) is 0 Å². The average Bonchev–Trinajstić information content (AvgIpc) is 2.37. The number of Topliss-reactive ketones (excluding diaryl/α,β-unsaturated/α-hetero) is 1. The van der Waals surface area contributed by atoms with Crippen molar-refractivity contribution in [1.82, 2.24) is 0 Å². The summed E-state index contributed by atoms with van der Waals surface area (Å²) in [6.07, 6.45) is 6.03. The van der Waals surface area contributed by atoms with Crippen molar-refractivity contribution in [3.8, 4) is 0 Å². The Morgan fingerprint density at radius 3 is 2.64 bits per heavy atom. The molecule has 0 amide bonds. The first-order chi connectivity index (χ1) is 5.31. The van der Waals surface area contributed by atoms with Gasteiger partial charge in [-0.1, -0.05) is 12.8 Å². The maximum atomic E-state index is 11.1. The molecule has 1 saturated heterocycles. The van der Waals surface area contributed by atoms with Crippen LogP contribution in [0.1, 0.15) is 38.5 Å². The molecular formula is C9H14O2. The number of ketones is 1. The fourth-order valence-electron chi connectivity index (χ4n) is 2.22. The van der Waals surface area contributed by atoms with Gasteiger partial charge in [0.05, 0.1) is 12.2 Å². The smallest absolute Gasteiger partial charge is 0.138 e. The number of rotatable bonds is 0. The van der Waals surface area contributed by atoms with Gasteiger partial charge in [0.2, 0.25) is 0 Å². The molecule has 2 nitrogen and oxygen atoms in total. The normalized spacial score (nSPS) is 29.6. The fraction of sp³-hybridized carbons (Fsp3) is 0.889. The van der Waals surface area contributed by atoms with Gasteiger partial charge in [0.25, 0.3) is 0 Å². The van der Waals surface area contributed by atoms with Crippen LogP contribution in [-0.2, 0) is 9.53 Å². The van der Waals surface area contributed by atoms with Crippen molar-refractivity contribution in [1.29, 1.82) is 0 Å². The Hall–Kier alpha value is -0.370. The third kappa shape index (κ3) is 1.32. The molecule has 2 rings (SSSR count). The highest BCUT2D eigenvalue weighted by Crippen LogP contribution is 2.38. The molecule has 0 unspecified atom stereocenters. The van der Waals surface area contributed by atoms with E-state index in [4.69, 9.17) is 4.74 Å². The fourth-order valence-corrected chi connectivity index (χ4v) is 2.22. The number of ether oxygens (including phenoxy) is 1. The van der Waals surface area contributed by atoms with Crippen LogP contribution in [0.3, 0.4) is 0 Å². The molecule has 11 heavy (non-hydrogen) atoms. The monoisotopic (exact) mass is 154 g/mol. The highest BCUT2D eigenvalue weighted by molar-refractivity contribution is 5.80. The van der Waals surface area contributed by atoms with Gasteiger partial charge in [-0.3, -0.25) is 4.79 Å². The van der Waals surface area contributed by atoms with Crippen molar-refractivity contribution in [2.24, 2.45) is 0 Å². The molecule has 1 aliphatic heterocycles. The lowest BCUT2D eigenvalue weighted by atomic mass is 9.91. The Kier molecular flexibility index (Phi) is 1.72. The highest BCUT2D eigenvalue weighted by atomic mass is 16.5. The zero-order chi connectivity index (χ0) is 7.73. The van der Waals surface area contributed by atoms with Crippen LogP contribution < -0.4 is 0 Å². The van der Waals surface area contributed by atoms with Crippen LogP contribution in [0.15, 0.2) is 0 Å². The first-order valence-corrected chi connectivity index (χ1v) is 4.46. The van der Waals surface area contributed by atoms with Crippen LogP contribution in [-0.4, -0.2) is 18.0 Å². The second-order valence-corrected chi connectivity index (χ2v) is 3.70. The van der Waals surface area contributed by atoms with E-state index in [0.29, 0.717) is 25.2 Å². The first kappa shape index (κ1) is 7.29. The Balaban J connectivity index is 2.05. The lowest BCUT2D eigenvalue weighted by Gasteiger charge is -2.32. The third-order valence-corrected chi connectivity index (χ3v) is 2.82. The topological polar surface area (TPSA) is 26.3 Å². The van der Waals surface area contributed by atoms with Crippen LogP contribution in [0.2, 0.25) is 0 Å². The summed E-state index contributed by atoms with van der Waals surface area (Å²) < 4.78 is 5.68. The SMILES string of the molecule is O=C1CCOC2(CCCC2)C1. The maximum absolute atomic E-state index is 11.1. The molecule has 1 spiro atoms. The zero-order valence-corrected chi connectivity index (χ0v) is 6.77. The molecule has 0 atom stereocenters. The minimum Gasteiger partial charge on any atom is -0.374 e. The van der Waals surface area contributed by atoms with E-state index in [1.807, 2.05) is 0 Å². The van der Waals surface area contributed by atoms with Gasteiger partial charge in [-0.05, 0) is 12.8 Å². The molecule has 1 saturated carbocycles. The van der Waals surface area contributed by atoms with Crippen LogP contribution >= 0.6 is 0 Å². The van der Waals surface area contributed by atoms with E-state index in [9.17, 15) is 4.79 Å². The van der Waals surface area contributed by atoms with E-state index in [1.165, 1.54) is 12.8 Å². The predicted octanol–water partition coefficient (Wildman–Crippen LogP) is 1.68. The lowest BCUT2D eigenvalue weighted by molar-refractivity contribution is -0.139. The molecule has 0 aromatic carbocycles. The molecule has 0 aromatic rings. The second-order valence-electron chi connectivity index (χ2n) is 3.70. The molecule has 2 fully saturated rings. The Morgan fingerprint density at radius 2 is 2.00 bits per heavy atom. The van der Waals surface area contributed by atoms with Gasteiger partial charge in [0, 0.05) is 12.8 Å². The minimum absolute atomic E-state index is 0.00463. The van der Waals surface area contributed by atoms with E-state index >= 15 is 0 Å². The number of hydrogen-bond acceptors (Lipinski definition) is 2. The van der Waals surface area contributed by atoms with E-state index in [1.54, 1.807) is 0 Å². The zero-order valence-electron chi connectivity index (χ0n) is 6.77. The van der Waals surface area contributed by atoms with Crippen LogP contribution in [0.25, 0.3) is 0 Å². The molecule has 0 N–H and O–H groups in total. The molecule has 62 valence electrons. The molecule has 2 aliphatic rings. The lowest BCUT2D eigenvalue weighted by Crippen LogP contribution is -2.37. The minimum atomic E-state index is -0.00463. The van der Waals surface area contributed by atoms with Crippen molar-refractivity contribution >= 4 is 5.78 Å². The Morgan fingerprint density at radius 1 is 1.27 bits per heavy atom. The van der Waals surface area contributed by atoms with Crippen molar-refractivity contribution < 1.29 is 9.53 Å². The summed E-state index contributed by atoms with van der Waals surface area (Å²) in [7, 11) is 0. The molecule has 0 radical (unpaired) electrons. The van der Waals surface area contributed by atoms with Gasteiger partial charge in [0.15, 0.2) is 0 Å². The summed E-state index contributed by atoms with van der Waals surface area (Å²) in [5, 5.41) is 0. The molecule has 0 bridgehead atoms. The third-order valence-electron chi connectivity index (χ3n) is 2.82. The highest BCUT2D eigenvalue weighted by Gasteiger charge is 2.39. The molecule has 0 aromatic heterocycles. The second kappa shape index (κ2) is 2.59. The number of hydrogen-bond donors (Lipinski definition) is 0. The Labute approximate surface area is 66.9 Å². The van der Waals surface area contributed by atoms with E-state index < -0.39 is 0 Å². The van der Waals surface area contributed by atoms with Gasteiger partial charge in [-0.15, -0.1) is 0 Å². The van der Waals surface area contributed by atoms with Gasteiger partial charge < -0.3 is 4.74 Å². The van der Waals surface area contributed by atoms with Crippen LogP contribution in [0, 0.1) is 0 Å². The van der Waals surface area contributed by atoms with E-state index in [0.717, 1.165) is 12.8 Å². The molecule has 1 aliphatic carbocycles. The standard InChI is InChI=1S/C9H14O2/c10-8-3-6-11-9(7-8)4-1-2-5-9/h1-7H2. The Bertz CT molecular complexity index is 168. The summed E-state index contributed by atoms with van der Waals surface area (Å²) >= 11 is 0. The summed E-state index contributed by atoms with van der Waals surface area (Å²) in [6.45, 7) is 0.666. The van der Waals surface area contributed by atoms with Crippen molar-refractivity contribution in [3.05, 3.63) is 0 Å². The molecule has 2 heteroatoms. The molecule has 1 heterocycles. The van der Waals surface area contributed by atoms with Crippen LogP contribution in [0.4, 0.5) is 0 Å². The van der Waals surface area contributed by atoms with Crippen molar-refractivity contribution in [2.75, 3.05) is 6.61 Å².